The van der Waals surface area contributed by atoms with Gasteiger partial charge in [0, 0.05) is 41.5 Å². The highest BCUT2D eigenvalue weighted by Gasteiger charge is 2.45. The summed E-state index contributed by atoms with van der Waals surface area (Å²) in [6, 6.07) is 16.1. The lowest BCUT2D eigenvalue weighted by Crippen LogP contribution is -2.39. The first-order chi connectivity index (χ1) is 17.4. The fourth-order valence-corrected chi connectivity index (χ4v) is 5.91. The Balaban J connectivity index is 1.53. The number of aliphatic imine (C=N–C) groups is 1. The second-order valence-electron chi connectivity index (χ2n) is 10.1. The molecule has 1 saturated carbocycles. The molecule has 0 spiro atoms. The Labute approximate surface area is 210 Å². The van der Waals surface area contributed by atoms with Gasteiger partial charge in [-0.3, -0.25) is 24.7 Å². The normalized spacial score (nSPS) is 24.6. The van der Waals surface area contributed by atoms with Crippen LogP contribution in [0.3, 0.4) is 0 Å². The van der Waals surface area contributed by atoms with Crippen LogP contribution in [0, 0.1) is 16.0 Å². The van der Waals surface area contributed by atoms with Crippen LogP contribution in [0.15, 0.2) is 70.9 Å². The second-order valence-corrected chi connectivity index (χ2v) is 10.1. The molecule has 1 fully saturated rings. The number of non-ortho nitro benzene ring substituents is 1. The maximum Gasteiger partial charge on any atom is 0.315 e. The average molecular weight is 487 g/mol. The minimum absolute atomic E-state index is 0.0252. The molecule has 0 N–H and O–H groups in total. The Morgan fingerprint density at radius 2 is 1.67 bits per heavy atom. The van der Waals surface area contributed by atoms with Crippen molar-refractivity contribution >= 4 is 23.2 Å². The van der Waals surface area contributed by atoms with E-state index in [4.69, 9.17) is 9.73 Å². The van der Waals surface area contributed by atoms with Gasteiger partial charge in [-0.15, -0.1) is 0 Å². The van der Waals surface area contributed by atoms with Crippen molar-refractivity contribution in [1.29, 1.82) is 0 Å². The van der Waals surface area contributed by atoms with Crippen molar-refractivity contribution in [2.75, 3.05) is 0 Å². The molecule has 186 valence electrons. The molecule has 3 atom stereocenters. The van der Waals surface area contributed by atoms with E-state index in [1.807, 2.05) is 37.3 Å². The summed E-state index contributed by atoms with van der Waals surface area (Å²) in [6.07, 6.45) is 5.76. The zero-order valence-electron chi connectivity index (χ0n) is 20.4. The number of esters is 1. The van der Waals surface area contributed by atoms with Crippen molar-refractivity contribution in [3.8, 4) is 0 Å². The van der Waals surface area contributed by atoms with Gasteiger partial charge in [-0.1, -0.05) is 48.9 Å². The zero-order chi connectivity index (χ0) is 25.2. The zero-order valence-corrected chi connectivity index (χ0v) is 20.4. The van der Waals surface area contributed by atoms with E-state index in [0.717, 1.165) is 37.7 Å². The summed E-state index contributed by atoms with van der Waals surface area (Å²) >= 11 is 0. The lowest BCUT2D eigenvalue weighted by molar-refractivity contribution is -0.384. The molecular weight excluding hydrogens is 456 g/mol. The molecule has 0 amide bonds. The predicted molar refractivity (Wildman–Crippen MR) is 136 cm³/mol. The van der Waals surface area contributed by atoms with E-state index in [9.17, 15) is 19.7 Å². The SMILES string of the molecule is CC1=NC2=C(C(=O)C[C@H](c3ccccc3)C2)[C@H](c2ccc([N+](=O)[O-])cc2)C1C(=O)OC1CCCCC1. The third-order valence-corrected chi connectivity index (χ3v) is 7.71. The Morgan fingerprint density at radius 3 is 2.33 bits per heavy atom. The quantitative estimate of drug-likeness (QED) is 0.291. The molecule has 3 aliphatic rings. The van der Waals surface area contributed by atoms with Gasteiger partial charge in [0.2, 0.25) is 0 Å². The van der Waals surface area contributed by atoms with Crippen molar-refractivity contribution < 1.29 is 19.2 Å². The van der Waals surface area contributed by atoms with Gasteiger partial charge in [0.15, 0.2) is 5.78 Å². The number of hydrogen-bond acceptors (Lipinski definition) is 6. The summed E-state index contributed by atoms with van der Waals surface area (Å²) in [5, 5.41) is 11.2. The highest BCUT2D eigenvalue weighted by atomic mass is 16.6. The van der Waals surface area contributed by atoms with Crippen molar-refractivity contribution in [2.45, 2.75) is 69.8 Å². The number of hydrogen-bond donors (Lipinski definition) is 0. The van der Waals surface area contributed by atoms with Crippen LogP contribution in [-0.4, -0.2) is 28.5 Å². The topological polar surface area (TPSA) is 98.9 Å². The molecule has 7 nitrogen and oxygen atoms in total. The van der Waals surface area contributed by atoms with E-state index >= 15 is 0 Å². The fraction of sp³-hybridized carbons (Fsp3) is 0.414. The van der Waals surface area contributed by atoms with Gasteiger partial charge in [-0.2, -0.15) is 0 Å². The molecule has 5 rings (SSSR count). The Morgan fingerprint density at radius 1 is 0.972 bits per heavy atom. The van der Waals surface area contributed by atoms with Crippen molar-refractivity contribution in [2.24, 2.45) is 10.9 Å². The highest BCUT2D eigenvalue weighted by Crippen LogP contribution is 2.47. The second kappa shape index (κ2) is 10.2. The predicted octanol–water partition coefficient (Wildman–Crippen LogP) is 6.05. The van der Waals surface area contributed by atoms with E-state index in [0.29, 0.717) is 35.4 Å². The number of benzene rings is 2. The van der Waals surface area contributed by atoms with Crippen LogP contribution in [0.2, 0.25) is 0 Å². The van der Waals surface area contributed by atoms with E-state index < -0.39 is 16.8 Å². The first-order valence-electron chi connectivity index (χ1n) is 12.7. The maximum atomic E-state index is 13.6. The molecule has 1 heterocycles. The number of ether oxygens (including phenoxy) is 1. The Hall–Kier alpha value is -3.61. The number of nitro benzene ring substituents is 1. The van der Waals surface area contributed by atoms with Gasteiger partial charge in [-0.25, -0.2) is 0 Å². The van der Waals surface area contributed by atoms with Gasteiger partial charge in [0.25, 0.3) is 5.69 Å². The van der Waals surface area contributed by atoms with E-state index in [1.165, 1.54) is 12.1 Å². The Bertz CT molecular complexity index is 1230. The van der Waals surface area contributed by atoms with Crippen LogP contribution in [0.25, 0.3) is 0 Å². The molecule has 2 aromatic carbocycles. The first kappa shape index (κ1) is 24.1. The number of nitro groups is 1. The van der Waals surface area contributed by atoms with E-state index in [-0.39, 0.29) is 29.5 Å². The minimum atomic E-state index is -0.732. The van der Waals surface area contributed by atoms with Gasteiger partial charge in [0.1, 0.15) is 12.0 Å². The number of Topliss-reactive ketones (excluding diaryl/α,β-unsaturated/α-hetero) is 1. The van der Waals surface area contributed by atoms with Crippen LogP contribution in [0.4, 0.5) is 5.69 Å². The van der Waals surface area contributed by atoms with Gasteiger partial charge in [-0.05, 0) is 56.1 Å². The van der Waals surface area contributed by atoms with Crippen LogP contribution in [-0.2, 0) is 14.3 Å². The Kier molecular flexibility index (Phi) is 6.81. The van der Waals surface area contributed by atoms with Gasteiger partial charge >= 0.3 is 5.97 Å². The molecule has 1 unspecified atom stereocenters. The van der Waals surface area contributed by atoms with Crippen molar-refractivity contribution in [3.05, 3.63) is 87.1 Å². The summed E-state index contributed by atoms with van der Waals surface area (Å²) < 4.78 is 5.96. The third kappa shape index (κ3) is 4.74. The summed E-state index contributed by atoms with van der Waals surface area (Å²) in [5.41, 5.74) is 3.64. The van der Waals surface area contributed by atoms with Gasteiger partial charge in [0.05, 0.1) is 4.92 Å². The number of carbonyl (C=O) groups excluding carboxylic acids is 2. The highest BCUT2D eigenvalue weighted by molar-refractivity contribution is 6.09. The van der Waals surface area contributed by atoms with Crippen LogP contribution >= 0.6 is 0 Å². The molecule has 2 aromatic rings. The monoisotopic (exact) mass is 486 g/mol. The molecule has 0 radical (unpaired) electrons. The molecule has 0 bridgehead atoms. The molecule has 7 heteroatoms. The van der Waals surface area contributed by atoms with Crippen molar-refractivity contribution in [1.82, 2.24) is 0 Å². The molecule has 0 aromatic heterocycles. The summed E-state index contributed by atoms with van der Waals surface area (Å²) in [7, 11) is 0. The van der Waals surface area contributed by atoms with Crippen LogP contribution in [0.1, 0.15) is 74.8 Å². The average Bonchev–Trinajstić information content (AvgIpc) is 2.89. The van der Waals surface area contributed by atoms with Crippen molar-refractivity contribution in [3.63, 3.8) is 0 Å². The smallest absolute Gasteiger partial charge is 0.315 e. The third-order valence-electron chi connectivity index (χ3n) is 7.71. The standard InChI is InChI=1S/C29H30N2O5/c1-18-26(29(33)36-23-10-6-3-7-11-23)27(20-12-14-22(15-13-20)31(34)35)28-24(30-18)16-21(17-25(28)32)19-8-4-2-5-9-19/h2,4-5,8-9,12-15,21,23,26-27H,3,6-7,10-11,16-17H2,1H3/t21-,26?,27-/m1/s1. The largest absolute Gasteiger partial charge is 0.462 e. The molecule has 1 aliphatic heterocycles. The summed E-state index contributed by atoms with van der Waals surface area (Å²) in [4.78, 5) is 42.8. The molecular formula is C29H30N2O5. The van der Waals surface area contributed by atoms with E-state index in [2.05, 4.69) is 0 Å². The first-order valence-corrected chi connectivity index (χ1v) is 12.7. The number of nitrogens with zero attached hydrogens (tertiary/aromatic N) is 2. The number of ketones is 1. The van der Waals surface area contributed by atoms with Crippen LogP contribution in [0.5, 0.6) is 0 Å². The molecule has 36 heavy (non-hydrogen) atoms. The maximum absolute atomic E-state index is 13.6. The van der Waals surface area contributed by atoms with Gasteiger partial charge < -0.3 is 4.74 Å². The fourth-order valence-electron chi connectivity index (χ4n) is 5.91. The number of rotatable bonds is 5. The number of allylic oxidation sites excluding steroid dienone is 2. The summed E-state index contributed by atoms with van der Waals surface area (Å²) in [5.74, 6) is -1.67. The number of carbonyl (C=O) groups is 2. The lowest BCUT2D eigenvalue weighted by Gasteiger charge is -2.37. The minimum Gasteiger partial charge on any atom is -0.462 e. The summed E-state index contributed by atoms with van der Waals surface area (Å²) in [6.45, 7) is 1.82. The van der Waals surface area contributed by atoms with Crippen LogP contribution < -0.4 is 0 Å². The van der Waals surface area contributed by atoms with E-state index in [1.54, 1.807) is 12.1 Å². The molecule has 0 saturated heterocycles. The molecule has 2 aliphatic carbocycles. The lowest BCUT2D eigenvalue weighted by atomic mass is 9.69.